The van der Waals surface area contributed by atoms with Crippen LogP contribution in [0.2, 0.25) is 0 Å². The highest BCUT2D eigenvalue weighted by molar-refractivity contribution is 5.90. The molecule has 1 unspecified atom stereocenters. The highest BCUT2D eigenvalue weighted by Crippen LogP contribution is 2.25. The molecule has 2 aliphatic heterocycles. The van der Waals surface area contributed by atoms with Crippen LogP contribution in [0.1, 0.15) is 54.4 Å². The summed E-state index contributed by atoms with van der Waals surface area (Å²) in [5.41, 5.74) is -1.10. The first kappa shape index (κ1) is 23.4. The minimum Gasteiger partial charge on any atom is -0.444 e. The Bertz CT molecular complexity index is 595. The van der Waals surface area contributed by atoms with E-state index in [1.54, 1.807) is 4.90 Å². The fraction of sp³-hybridized carbons (Fsp3) is 0.857. The maximum atomic E-state index is 13.2. The normalized spacial score (nSPS) is 20.2. The number of amides is 3. The zero-order chi connectivity index (χ0) is 21.8. The van der Waals surface area contributed by atoms with Crippen molar-refractivity contribution in [2.24, 2.45) is 11.3 Å². The van der Waals surface area contributed by atoms with E-state index in [9.17, 15) is 14.4 Å². The lowest BCUT2D eigenvalue weighted by Gasteiger charge is -2.39. The molecule has 3 amide bonds. The van der Waals surface area contributed by atoms with Gasteiger partial charge < -0.3 is 25.2 Å². The van der Waals surface area contributed by atoms with Gasteiger partial charge in [0.05, 0.1) is 0 Å². The molecule has 2 N–H and O–H groups in total. The monoisotopic (exact) mass is 410 g/mol. The van der Waals surface area contributed by atoms with Gasteiger partial charge in [-0.25, -0.2) is 4.79 Å². The van der Waals surface area contributed by atoms with Crippen molar-refractivity contribution in [1.29, 1.82) is 0 Å². The molecule has 0 aromatic carbocycles. The molecule has 0 spiro atoms. The fourth-order valence-corrected chi connectivity index (χ4v) is 3.56. The van der Waals surface area contributed by atoms with E-state index in [-0.39, 0.29) is 23.8 Å². The first-order chi connectivity index (χ1) is 13.4. The summed E-state index contributed by atoms with van der Waals surface area (Å²) in [6.45, 7) is 15.0. The van der Waals surface area contributed by atoms with Gasteiger partial charge in [0, 0.05) is 44.7 Å². The van der Waals surface area contributed by atoms with Crippen molar-refractivity contribution in [3.05, 3.63) is 0 Å². The van der Waals surface area contributed by atoms with E-state index in [4.69, 9.17) is 4.74 Å². The summed E-state index contributed by atoms with van der Waals surface area (Å²) in [6, 6.07) is -0.555. The molecule has 0 aromatic heterocycles. The molecule has 2 fully saturated rings. The molecule has 8 nitrogen and oxygen atoms in total. The standard InChI is InChI=1S/C21H38N4O4/c1-20(2,3)18(27)23-16(17(26)24-13-9-22-10-14-24)15-7-11-25(12-8-15)19(28)29-21(4,5)6/h15-16,22H,7-14H2,1-6H3,(H,23,27). The van der Waals surface area contributed by atoms with Crippen LogP contribution in [0.5, 0.6) is 0 Å². The predicted octanol–water partition coefficient (Wildman–Crippen LogP) is 1.60. The maximum Gasteiger partial charge on any atom is 0.410 e. The summed E-state index contributed by atoms with van der Waals surface area (Å²) in [6.07, 6.45) is 0.998. The molecule has 0 saturated carbocycles. The van der Waals surface area contributed by atoms with Crippen LogP contribution in [0.15, 0.2) is 0 Å². The van der Waals surface area contributed by atoms with Gasteiger partial charge in [-0.2, -0.15) is 0 Å². The summed E-state index contributed by atoms with van der Waals surface area (Å²) in [7, 11) is 0. The minimum absolute atomic E-state index is 0.00220. The van der Waals surface area contributed by atoms with Gasteiger partial charge in [-0.05, 0) is 39.5 Å². The SMILES string of the molecule is CC(C)(C)OC(=O)N1CCC(C(NC(=O)C(C)(C)C)C(=O)N2CCNCC2)CC1. The zero-order valence-corrected chi connectivity index (χ0v) is 18.8. The van der Waals surface area contributed by atoms with Gasteiger partial charge in [-0.3, -0.25) is 9.59 Å². The highest BCUT2D eigenvalue weighted by Gasteiger charge is 2.38. The number of rotatable bonds is 3. The van der Waals surface area contributed by atoms with Gasteiger partial charge in [0.25, 0.3) is 0 Å². The highest BCUT2D eigenvalue weighted by atomic mass is 16.6. The van der Waals surface area contributed by atoms with Gasteiger partial charge in [0.2, 0.25) is 11.8 Å². The summed E-state index contributed by atoms with van der Waals surface area (Å²) < 4.78 is 5.46. The van der Waals surface area contributed by atoms with Crippen LogP contribution >= 0.6 is 0 Å². The third-order valence-corrected chi connectivity index (χ3v) is 5.33. The number of carbonyl (C=O) groups excluding carboxylic acids is 3. The Morgan fingerprint density at radius 2 is 1.48 bits per heavy atom. The first-order valence-corrected chi connectivity index (χ1v) is 10.7. The molecule has 2 saturated heterocycles. The van der Waals surface area contributed by atoms with Crippen LogP contribution in [-0.4, -0.2) is 78.6 Å². The summed E-state index contributed by atoms with van der Waals surface area (Å²) in [5, 5.41) is 6.27. The average molecular weight is 411 g/mol. The van der Waals surface area contributed by atoms with Crippen LogP contribution < -0.4 is 10.6 Å². The van der Waals surface area contributed by atoms with Gasteiger partial charge in [0.15, 0.2) is 0 Å². The van der Waals surface area contributed by atoms with Crippen LogP contribution in [0, 0.1) is 11.3 Å². The molecule has 0 bridgehead atoms. The van der Waals surface area contributed by atoms with Gasteiger partial charge in [0.1, 0.15) is 11.6 Å². The molecule has 8 heteroatoms. The van der Waals surface area contributed by atoms with E-state index >= 15 is 0 Å². The second kappa shape index (κ2) is 9.32. The summed E-state index contributed by atoms with van der Waals surface area (Å²) >= 11 is 0. The van der Waals surface area contributed by atoms with Crippen molar-refractivity contribution in [2.75, 3.05) is 39.3 Å². The van der Waals surface area contributed by atoms with E-state index in [0.717, 1.165) is 13.1 Å². The molecule has 2 heterocycles. The number of hydrogen-bond donors (Lipinski definition) is 2. The van der Waals surface area contributed by atoms with Crippen molar-refractivity contribution >= 4 is 17.9 Å². The van der Waals surface area contributed by atoms with Crippen LogP contribution in [0.25, 0.3) is 0 Å². The van der Waals surface area contributed by atoms with E-state index in [1.807, 2.05) is 46.4 Å². The molecule has 0 aliphatic carbocycles. The van der Waals surface area contributed by atoms with Crippen molar-refractivity contribution in [2.45, 2.75) is 66.0 Å². The molecular weight excluding hydrogens is 372 g/mol. The van der Waals surface area contributed by atoms with E-state index < -0.39 is 17.1 Å². The Kier molecular flexibility index (Phi) is 7.54. The zero-order valence-electron chi connectivity index (χ0n) is 18.8. The maximum absolute atomic E-state index is 13.2. The van der Waals surface area contributed by atoms with E-state index in [2.05, 4.69) is 10.6 Å². The van der Waals surface area contributed by atoms with Gasteiger partial charge in [-0.15, -0.1) is 0 Å². The Morgan fingerprint density at radius 3 is 1.97 bits per heavy atom. The van der Waals surface area contributed by atoms with E-state index in [1.165, 1.54) is 0 Å². The van der Waals surface area contributed by atoms with Gasteiger partial charge in [-0.1, -0.05) is 20.8 Å². The quantitative estimate of drug-likeness (QED) is 0.737. The molecular formula is C21H38N4O4. The lowest BCUT2D eigenvalue weighted by molar-refractivity contribution is -0.141. The number of carbonyl (C=O) groups is 3. The van der Waals surface area contributed by atoms with Crippen molar-refractivity contribution in [3.8, 4) is 0 Å². The van der Waals surface area contributed by atoms with Crippen molar-refractivity contribution in [3.63, 3.8) is 0 Å². The Balaban J connectivity index is 2.06. The summed E-state index contributed by atoms with van der Waals surface area (Å²) in [5.74, 6) is -0.136. The molecule has 166 valence electrons. The van der Waals surface area contributed by atoms with Crippen LogP contribution in [-0.2, 0) is 14.3 Å². The summed E-state index contributed by atoms with van der Waals surface area (Å²) in [4.78, 5) is 41.8. The predicted molar refractivity (Wildman–Crippen MR) is 111 cm³/mol. The smallest absolute Gasteiger partial charge is 0.410 e. The number of nitrogens with zero attached hydrogens (tertiary/aromatic N) is 2. The number of piperazine rings is 1. The van der Waals surface area contributed by atoms with Crippen molar-refractivity contribution < 1.29 is 19.1 Å². The molecule has 2 rings (SSSR count). The second-order valence-corrected chi connectivity index (χ2v) is 10.1. The van der Waals surface area contributed by atoms with Gasteiger partial charge >= 0.3 is 6.09 Å². The molecule has 1 atom stereocenters. The Hall–Kier alpha value is -1.83. The number of nitrogens with one attached hydrogen (secondary N) is 2. The molecule has 0 aromatic rings. The molecule has 0 radical (unpaired) electrons. The number of likely N-dealkylation sites (tertiary alicyclic amines) is 1. The Morgan fingerprint density at radius 1 is 0.931 bits per heavy atom. The first-order valence-electron chi connectivity index (χ1n) is 10.7. The number of hydrogen-bond acceptors (Lipinski definition) is 5. The largest absolute Gasteiger partial charge is 0.444 e. The van der Waals surface area contributed by atoms with Crippen LogP contribution in [0.3, 0.4) is 0 Å². The molecule has 29 heavy (non-hydrogen) atoms. The number of piperidine rings is 1. The van der Waals surface area contributed by atoms with E-state index in [0.29, 0.717) is 39.0 Å². The van der Waals surface area contributed by atoms with Crippen molar-refractivity contribution in [1.82, 2.24) is 20.4 Å². The topological polar surface area (TPSA) is 91.0 Å². The Labute approximate surface area is 174 Å². The lowest BCUT2D eigenvalue weighted by Crippen LogP contribution is -2.59. The lowest BCUT2D eigenvalue weighted by atomic mass is 9.87. The third-order valence-electron chi connectivity index (χ3n) is 5.33. The molecule has 2 aliphatic rings. The number of ether oxygens (including phenoxy) is 1. The minimum atomic E-state index is -0.570. The third kappa shape index (κ3) is 6.87. The average Bonchev–Trinajstić information content (AvgIpc) is 2.64. The fourth-order valence-electron chi connectivity index (χ4n) is 3.56. The second-order valence-electron chi connectivity index (χ2n) is 10.1. The van der Waals surface area contributed by atoms with Crippen LogP contribution in [0.4, 0.5) is 4.79 Å².